The molecule has 130 valence electrons. The van der Waals surface area contributed by atoms with Crippen LogP contribution >= 0.6 is 0 Å². The van der Waals surface area contributed by atoms with E-state index in [-0.39, 0.29) is 5.92 Å². The summed E-state index contributed by atoms with van der Waals surface area (Å²) in [6.45, 7) is 6.47. The second-order valence-electron chi connectivity index (χ2n) is 7.94. The maximum absolute atomic E-state index is 12.6. The topological polar surface area (TPSA) is 44.4 Å². The molecule has 1 saturated carbocycles. The first-order chi connectivity index (χ1) is 11.7. The molecular weight excluding hydrogens is 298 g/mol. The number of hydrogen-bond donors (Lipinski definition) is 2. The molecule has 2 N–H and O–H groups in total. The van der Waals surface area contributed by atoms with Gasteiger partial charge in [0.05, 0.1) is 0 Å². The molecule has 3 atom stereocenters. The van der Waals surface area contributed by atoms with E-state index in [0.29, 0.717) is 23.4 Å². The van der Waals surface area contributed by atoms with Gasteiger partial charge in [-0.2, -0.15) is 0 Å². The fraction of sp³-hybridized carbons (Fsp3) is 0.650. The minimum absolute atomic E-state index is 0.278. The lowest BCUT2D eigenvalue weighted by molar-refractivity contribution is -0.123. The lowest BCUT2D eigenvalue weighted by atomic mass is 9.91. The standard InChI is InChI=1S/C20H29N3O/c1-15(16-5-3-2-4-6-16)23-12-7-17(14-23)22-19(24)18-13-20(18)8-10-21-11-9-20/h2-6,15,17-18,21H,7-14H2,1H3,(H,22,24). The summed E-state index contributed by atoms with van der Waals surface area (Å²) in [6, 6.07) is 11.4. The molecule has 3 fully saturated rings. The van der Waals surface area contributed by atoms with Crippen LogP contribution in [0, 0.1) is 11.3 Å². The fourth-order valence-corrected chi connectivity index (χ4v) is 4.70. The van der Waals surface area contributed by atoms with Crippen LogP contribution in [0.4, 0.5) is 0 Å². The Kier molecular flexibility index (Phi) is 4.35. The van der Waals surface area contributed by atoms with Crippen LogP contribution < -0.4 is 10.6 Å². The molecule has 0 bridgehead atoms. The molecular formula is C20H29N3O. The highest BCUT2D eigenvalue weighted by Crippen LogP contribution is 2.58. The average Bonchev–Trinajstić information content (AvgIpc) is 3.11. The first-order valence-corrected chi connectivity index (χ1v) is 9.48. The largest absolute Gasteiger partial charge is 0.352 e. The number of carbonyl (C=O) groups is 1. The van der Waals surface area contributed by atoms with Gasteiger partial charge >= 0.3 is 0 Å². The van der Waals surface area contributed by atoms with Gasteiger partial charge in [-0.1, -0.05) is 30.3 Å². The van der Waals surface area contributed by atoms with Gasteiger partial charge in [-0.25, -0.2) is 0 Å². The molecule has 4 nitrogen and oxygen atoms in total. The molecule has 1 amide bonds. The summed E-state index contributed by atoms with van der Waals surface area (Å²) in [4.78, 5) is 15.1. The van der Waals surface area contributed by atoms with Crippen molar-refractivity contribution in [2.75, 3.05) is 26.2 Å². The molecule has 0 aromatic heterocycles. The fourth-order valence-electron chi connectivity index (χ4n) is 4.70. The summed E-state index contributed by atoms with van der Waals surface area (Å²) in [6.07, 6.45) is 4.53. The maximum Gasteiger partial charge on any atom is 0.223 e. The highest BCUT2D eigenvalue weighted by molar-refractivity contribution is 5.83. The summed E-state index contributed by atoms with van der Waals surface area (Å²) < 4.78 is 0. The van der Waals surface area contributed by atoms with Crippen LogP contribution in [0.3, 0.4) is 0 Å². The summed E-state index contributed by atoms with van der Waals surface area (Å²) in [7, 11) is 0. The van der Waals surface area contributed by atoms with Crippen molar-refractivity contribution in [2.24, 2.45) is 11.3 Å². The number of benzene rings is 1. The van der Waals surface area contributed by atoms with Gasteiger partial charge in [-0.15, -0.1) is 0 Å². The molecule has 3 unspecified atom stereocenters. The van der Waals surface area contributed by atoms with E-state index in [1.54, 1.807) is 0 Å². The summed E-state index contributed by atoms with van der Waals surface area (Å²) in [5.74, 6) is 0.594. The average molecular weight is 327 g/mol. The lowest BCUT2D eigenvalue weighted by Crippen LogP contribution is -2.40. The normalized spacial score (nSPS) is 30.2. The summed E-state index contributed by atoms with van der Waals surface area (Å²) in [5.41, 5.74) is 1.70. The van der Waals surface area contributed by atoms with Gasteiger partial charge < -0.3 is 10.6 Å². The van der Waals surface area contributed by atoms with Gasteiger partial charge in [0.15, 0.2) is 0 Å². The second-order valence-corrected chi connectivity index (χ2v) is 7.94. The highest BCUT2D eigenvalue weighted by atomic mass is 16.2. The van der Waals surface area contributed by atoms with Crippen LogP contribution in [0.25, 0.3) is 0 Å². The van der Waals surface area contributed by atoms with E-state index in [1.807, 2.05) is 0 Å². The molecule has 1 aromatic rings. The van der Waals surface area contributed by atoms with E-state index >= 15 is 0 Å². The molecule has 2 heterocycles. The molecule has 4 heteroatoms. The van der Waals surface area contributed by atoms with Crippen LogP contribution in [-0.4, -0.2) is 43.0 Å². The predicted octanol–water partition coefficient (Wildman–Crippen LogP) is 2.33. The van der Waals surface area contributed by atoms with Crippen LogP contribution in [0.2, 0.25) is 0 Å². The third kappa shape index (κ3) is 3.09. The number of amides is 1. The zero-order valence-electron chi connectivity index (χ0n) is 14.6. The Morgan fingerprint density at radius 1 is 1.29 bits per heavy atom. The predicted molar refractivity (Wildman–Crippen MR) is 95.6 cm³/mol. The molecule has 0 radical (unpaired) electrons. The van der Waals surface area contributed by atoms with Crippen LogP contribution in [0.15, 0.2) is 30.3 Å². The van der Waals surface area contributed by atoms with Gasteiger partial charge in [0.1, 0.15) is 0 Å². The Morgan fingerprint density at radius 2 is 2.04 bits per heavy atom. The van der Waals surface area contributed by atoms with Crippen LogP contribution in [-0.2, 0) is 4.79 Å². The Morgan fingerprint density at radius 3 is 2.79 bits per heavy atom. The molecule has 3 aliphatic rings. The van der Waals surface area contributed by atoms with Gasteiger partial charge in [-0.3, -0.25) is 9.69 Å². The zero-order valence-corrected chi connectivity index (χ0v) is 14.6. The minimum Gasteiger partial charge on any atom is -0.352 e. The van der Waals surface area contributed by atoms with Crippen molar-refractivity contribution in [2.45, 2.75) is 44.7 Å². The Labute approximate surface area is 145 Å². The van der Waals surface area contributed by atoms with E-state index in [4.69, 9.17) is 0 Å². The number of nitrogens with one attached hydrogen (secondary N) is 2. The minimum atomic E-state index is 0.278. The van der Waals surface area contributed by atoms with Crippen molar-refractivity contribution < 1.29 is 4.79 Å². The smallest absolute Gasteiger partial charge is 0.223 e. The molecule has 4 rings (SSSR count). The maximum atomic E-state index is 12.6. The molecule has 1 aromatic carbocycles. The summed E-state index contributed by atoms with van der Waals surface area (Å²) >= 11 is 0. The van der Waals surface area contributed by atoms with Crippen molar-refractivity contribution in [1.82, 2.24) is 15.5 Å². The number of piperidine rings is 1. The number of likely N-dealkylation sites (tertiary alicyclic amines) is 1. The second kappa shape index (κ2) is 6.49. The quantitative estimate of drug-likeness (QED) is 0.892. The molecule has 2 aliphatic heterocycles. The zero-order chi connectivity index (χ0) is 16.6. The Bertz CT molecular complexity index is 582. The van der Waals surface area contributed by atoms with Gasteiger partial charge in [0, 0.05) is 31.1 Å². The summed E-state index contributed by atoms with van der Waals surface area (Å²) in [5, 5.41) is 6.76. The van der Waals surface area contributed by atoms with Crippen molar-refractivity contribution in [3.8, 4) is 0 Å². The SMILES string of the molecule is CC(c1ccccc1)N1CCC(NC(=O)C2CC23CCNCC3)C1. The van der Waals surface area contributed by atoms with Crippen molar-refractivity contribution in [1.29, 1.82) is 0 Å². The molecule has 1 spiro atoms. The van der Waals surface area contributed by atoms with Crippen molar-refractivity contribution in [3.05, 3.63) is 35.9 Å². The first-order valence-electron chi connectivity index (χ1n) is 9.48. The van der Waals surface area contributed by atoms with Gasteiger partial charge in [0.25, 0.3) is 0 Å². The van der Waals surface area contributed by atoms with Gasteiger partial charge in [0.2, 0.25) is 5.91 Å². The Balaban J connectivity index is 1.29. The number of carbonyl (C=O) groups excluding carboxylic acids is 1. The molecule has 2 saturated heterocycles. The van der Waals surface area contributed by atoms with Crippen LogP contribution in [0.1, 0.15) is 44.2 Å². The third-order valence-corrected chi connectivity index (χ3v) is 6.50. The highest BCUT2D eigenvalue weighted by Gasteiger charge is 2.57. The van der Waals surface area contributed by atoms with Crippen molar-refractivity contribution >= 4 is 5.91 Å². The van der Waals surface area contributed by atoms with E-state index in [9.17, 15) is 4.79 Å². The molecule has 24 heavy (non-hydrogen) atoms. The first kappa shape index (κ1) is 16.1. The number of rotatable bonds is 4. The number of hydrogen-bond acceptors (Lipinski definition) is 3. The monoisotopic (exact) mass is 327 g/mol. The van der Waals surface area contributed by atoms with E-state index in [2.05, 4.69) is 52.8 Å². The lowest BCUT2D eigenvalue weighted by Gasteiger charge is -2.25. The van der Waals surface area contributed by atoms with Crippen LogP contribution in [0.5, 0.6) is 0 Å². The van der Waals surface area contributed by atoms with E-state index in [0.717, 1.165) is 39.0 Å². The van der Waals surface area contributed by atoms with E-state index in [1.165, 1.54) is 18.4 Å². The van der Waals surface area contributed by atoms with Crippen molar-refractivity contribution in [3.63, 3.8) is 0 Å². The molecule has 1 aliphatic carbocycles. The van der Waals surface area contributed by atoms with Gasteiger partial charge in [-0.05, 0) is 56.7 Å². The Hall–Kier alpha value is -1.39. The third-order valence-electron chi connectivity index (χ3n) is 6.50. The van der Waals surface area contributed by atoms with E-state index < -0.39 is 0 Å². The number of nitrogens with zero attached hydrogens (tertiary/aromatic N) is 1.